The van der Waals surface area contributed by atoms with Crippen molar-refractivity contribution in [1.29, 1.82) is 0 Å². The average molecular weight is 311 g/mol. The molecule has 2 aromatic rings. The lowest BCUT2D eigenvalue weighted by Crippen LogP contribution is -2.12. The lowest BCUT2D eigenvalue weighted by atomic mass is 10.3. The minimum Gasteiger partial charge on any atom is -0.368 e. The van der Waals surface area contributed by atoms with Gasteiger partial charge < -0.3 is 10.6 Å². The molecule has 0 unspecified atom stereocenters. The number of hydrogen-bond acceptors (Lipinski definition) is 4. The van der Waals surface area contributed by atoms with E-state index in [9.17, 15) is 0 Å². The molecule has 0 spiro atoms. The van der Waals surface area contributed by atoms with Crippen LogP contribution in [-0.2, 0) is 0 Å². The predicted octanol–water partition coefficient (Wildman–Crippen LogP) is 4.66. The van der Waals surface area contributed by atoms with Crippen molar-refractivity contribution in [1.82, 2.24) is 9.97 Å². The Kier molecular flexibility index (Phi) is 4.68. The summed E-state index contributed by atoms with van der Waals surface area (Å²) in [6.07, 6.45) is 0. The van der Waals surface area contributed by atoms with Gasteiger partial charge in [0.2, 0.25) is 0 Å². The van der Waals surface area contributed by atoms with Crippen LogP contribution in [0.3, 0.4) is 0 Å². The van der Waals surface area contributed by atoms with Crippen molar-refractivity contribution in [3.05, 3.63) is 40.1 Å². The van der Waals surface area contributed by atoms with E-state index in [0.29, 0.717) is 27.7 Å². The van der Waals surface area contributed by atoms with E-state index in [-0.39, 0.29) is 0 Å². The molecule has 4 nitrogen and oxygen atoms in total. The number of anilines is 3. The molecule has 0 fully saturated rings. The van der Waals surface area contributed by atoms with Crippen LogP contribution in [0.25, 0.3) is 0 Å². The van der Waals surface area contributed by atoms with Gasteiger partial charge in [0, 0.05) is 27.8 Å². The molecular weight excluding hydrogens is 295 g/mol. The molecule has 2 rings (SSSR count). The Labute approximate surface area is 128 Å². The van der Waals surface area contributed by atoms with Crippen molar-refractivity contribution in [2.45, 2.75) is 26.8 Å². The quantitative estimate of drug-likeness (QED) is 0.862. The zero-order chi connectivity index (χ0) is 14.7. The van der Waals surface area contributed by atoms with Gasteiger partial charge in [-0.05, 0) is 39.0 Å². The van der Waals surface area contributed by atoms with Crippen LogP contribution < -0.4 is 10.6 Å². The van der Waals surface area contributed by atoms with E-state index in [0.717, 1.165) is 11.5 Å². The first kappa shape index (κ1) is 14.9. The molecule has 0 bridgehead atoms. The molecule has 0 saturated heterocycles. The Bertz CT molecular complexity index is 594. The van der Waals surface area contributed by atoms with Gasteiger partial charge in [0.25, 0.3) is 0 Å². The van der Waals surface area contributed by atoms with Crippen LogP contribution in [0.4, 0.5) is 17.3 Å². The lowest BCUT2D eigenvalue weighted by Gasteiger charge is -2.12. The zero-order valence-electron chi connectivity index (χ0n) is 11.5. The largest absolute Gasteiger partial charge is 0.368 e. The predicted molar refractivity (Wildman–Crippen MR) is 85.3 cm³/mol. The number of nitrogens with one attached hydrogen (secondary N) is 2. The van der Waals surface area contributed by atoms with Crippen LogP contribution in [0, 0.1) is 6.92 Å². The first-order valence-electron chi connectivity index (χ1n) is 6.28. The molecule has 1 aromatic carbocycles. The second kappa shape index (κ2) is 6.29. The van der Waals surface area contributed by atoms with E-state index in [4.69, 9.17) is 23.2 Å². The first-order chi connectivity index (χ1) is 9.42. The molecule has 0 radical (unpaired) electrons. The number of hydrogen-bond donors (Lipinski definition) is 2. The van der Waals surface area contributed by atoms with Crippen molar-refractivity contribution >= 4 is 40.5 Å². The van der Waals surface area contributed by atoms with Gasteiger partial charge in [0.1, 0.15) is 17.5 Å². The maximum absolute atomic E-state index is 5.98. The highest BCUT2D eigenvalue weighted by Crippen LogP contribution is 2.25. The van der Waals surface area contributed by atoms with Gasteiger partial charge in [-0.3, -0.25) is 0 Å². The molecule has 2 N–H and O–H groups in total. The lowest BCUT2D eigenvalue weighted by molar-refractivity contribution is 0.881. The van der Waals surface area contributed by atoms with E-state index >= 15 is 0 Å². The Hall–Kier alpha value is -1.52. The van der Waals surface area contributed by atoms with E-state index in [1.165, 1.54) is 0 Å². The number of rotatable bonds is 4. The molecule has 0 atom stereocenters. The number of nitrogens with zero attached hydrogens (tertiary/aromatic N) is 2. The summed E-state index contributed by atoms with van der Waals surface area (Å²) in [5.74, 6) is 2.16. The third-order valence-corrected chi connectivity index (χ3v) is 2.85. The summed E-state index contributed by atoms with van der Waals surface area (Å²) in [7, 11) is 0. The van der Waals surface area contributed by atoms with E-state index in [1.807, 2.05) is 13.0 Å². The monoisotopic (exact) mass is 310 g/mol. The maximum Gasteiger partial charge on any atom is 0.136 e. The first-order valence-corrected chi connectivity index (χ1v) is 7.03. The van der Waals surface area contributed by atoms with Crippen LogP contribution in [0.15, 0.2) is 24.3 Å². The molecule has 6 heteroatoms. The van der Waals surface area contributed by atoms with Gasteiger partial charge in [0.05, 0.1) is 0 Å². The number of benzene rings is 1. The summed E-state index contributed by atoms with van der Waals surface area (Å²) in [4.78, 5) is 8.68. The van der Waals surface area contributed by atoms with Crippen molar-refractivity contribution in [2.75, 3.05) is 10.6 Å². The Morgan fingerprint density at radius 2 is 1.55 bits per heavy atom. The minimum atomic E-state index is 0.303. The van der Waals surface area contributed by atoms with Crippen molar-refractivity contribution in [2.24, 2.45) is 0 Å². The van der Waals surface area contributed by atoms with E-state index < -0.39 is 0 Å². The minimum absolute atomic E-state index is 0.303. The second-order valence-corrected chi connectivity index (χ2v) is 5.64. The highest BCUT2D eigenvalue weighted by Gasteiger charge is 2.05. The molecule has 1 aromatic heterocycles. The average Bonchev–Trinajstić information content (AvgIpc) is 2.24. The van der Waals surface area contributed by atoms with Gasteiger partial charge in [0.15, 0.2) is 0 Å². The SMILES string of the molecule is Cc1nc(Nc2cc(Cl)cc(Cl)c2)cc(NC(C)C)n1. The van der Waals surface area contributed by atoms with Crippen LogP contribution in [0.5, 0.6) is 0 Å². The number of halogens is 2. The molecule has 0 aliphatic heterocycles. The van der Waals surface area contributed by atoms with Crippen molar-refractivity contribution in [3.8, 4) is 0 Å². The van der Waals surface area contributed by atoms with Gasteiger partial charge in [-0.1, -0.05) is 23.2 Å². The molecule has 0 saturated carbocycles. The van der Waals surface area contributed by atoms with Crippen molar-refractivity contribution in [3.63, 3.8) is 0 Å². The normalized spacial score (nSPS) is 10.7. The highest BCUT2D eigenvalue weighted by atomic mass is 35.5. The smallest absolute Gasteiger partial charge is 0.136 e. The fourth-order valence-corrected chi connectivity index (χ4v) is 2.30. The third-order valence-electron chi connectivity index (χ3n) is 2.41. The summed E-state index contributed by atoms with van der Waals surface area (Å²) in [5.41, 5.74) is 0.788. The van der Waals surface area contributed by atoms with Crippen LogP contribution in [0.2, 0.25) is 10.0 Å². The fourth-order valence-electron chi connectivity index (χ4n) is 1.78. The van der Waals surface area contributed by atoms with Crippen LogP contribution >= 0.6 is 23.2 Å². The van der Waals surface area contributed by atoms with Crippen LogP contribution in [0.1, 0.15) is 19.7 Å². The van der Waals surface area contributed by atoms with Gasteiger partial charge >= 0.3 is 0 Å². The molecule has 20 heavy (non-hydrogen) atoms. The Morgan fingerprint density at radius 3 is 2.15 bits per heavy atom. The van der Waals surface area contributed by atoms with Crippen LogP contribution in [-0.4, -0.2) is 16.0 Å². The second-order valence-electron chi connectivity index (χ2n) is 4.77. The van der Waals surface area contributed by atoms with Crippen molar-refractivity contribution < 1.29 is 0 Å². The summed E-state index contributed by atoms with van der Waals surface area (Å²) < 4.78 is 0. The molecule has 0 aliphatic rings. The summed E-state index contributed by atoms with van der Waals surface area (Å²) in [6.45, 7) is 5.96. The highest BCUT2D eigenvalue weighted by molar-refractivity contribution is 6.35. The molecule has 1 heterocycles. The standard InChI is InChI=1S/C14H16Cl2N4/c1-8(2)17-13-7-14(19-9(3)18-13)20-12-5-10(15)4-11(16)6-12/h4-8H,1-3H3,(H2,17,18,19,20). The van der Waals surface area contributed by atoms with Gasteiger partial charge in [-0.2, -0.15) is 0 Å². The molecular formula is C14H16Cl2N4. The summed E-state index contributed by atoms with van der Waals surface area (Å²) >= 11 is 12.0. The third kappa shape index (κ3) is 4.25. The Morgan fingerprint density at radius 1 is 0.950 bits per heavy atom. The Balaban J connectivity index is 2.26. The molecule has 106 valence electrons. The van der Waals surface area contributed by atoms with E-state index in [1.54, 1.807) is 18.2 Å². The van der Waals surface area contributed by atoms with E-state index in [2.05, 4.69) is 34.4 Å². The fraction of sp³-hybridized carbons (Fsp3) is 0.286. The summed E-state index contributed by atoms with van der Waals surface area (Å²) in [6, 6.07) is 7.42. The zero-order valence-corrected chi connectivity index (χ0v) is 13.0. The van der Waals surface area contributed by atoms with Gasteiger partial charge in [-0.25, -0.2) is 9.97 Å². The number of aryl methyl sites for hydroxylation is 1. The topological polar surface area (TPSA) is 49.8 Å². The van der Waals surface area contributed by atoms with Gasteiger partial charge in [-0.15, -0.1) is 0 Å². The number of aromatic nitrogens is 2. The summed E-state index contributed by atoms with van der Waals surface area (Å²) in [5, 5.41) is 7.58. The maximum atomic E-state index is 5.98. The molecule has 0 aliphatic carbocycles. The molecule has 0 amide bonds.